The Bertz CT molecular complexity index is 1400. The second-order valence-electron chi connectivity index (χ2n) is 6.50. The summed E-state index contributed by atoms with van der Waals surface area (Å²) in [5, 5.41) is 3.78. The van der Waals surface area contributed by atoms with Crippen LogP contribution in [0.1, 0.15) is 17.3 Å². The topological polar surface area (TPSA) is 43.4 Å². The highest BCUT2D eigenvalue weighted by Crippen LogP contribution is 2.43. The third-order valence-electron chi connectivity index (χ3n) is 4.95. The predicted molar refractivity (Wildman–Crippen MR) is 121 cm³/mol. The number of Topliss-reactive ketones (excluding diaryl/α,β-unsaturated/α-hetero) is 1. The van der Waals surface area contributed by atoms with E-state index in [-0.39, 0.29) is 11.2 Å². The molecule has 5 rings (SSSR count). The smallest absolute Gasteiger partial charge is 0.201 e. The Morgan fingerprint density at radius 1 is 0.929 bits per heavy atom. The number of fused-ring (bicyclic) bond motifs is 1. The number of ether oxygens (including phenoxy) is 1. The summed E-state index contributed by atoms with van der Waals surface area (Å²) in [4.78, 5) is 27.7. The van der Waals surface area contributed by atoms with Crippen LogP contribution in [-0.4, -0.2) is 12.4 Å². The van der Waals surface area contributed by atoms with E-state index < -0.39 is 0 Å². The van der Waals surface area contributed by atoms with Crippen LogP contribution in [0.4, 0.5) is 0 Å². The van der Waals surface area contributed by atoms with Crippen molar-refractivity contribution in [1.29, 1.82) is 0 Å². The quantitative estimate of drug-likeness (QED) is 0.352. The molecule has 0 amide bonds. The van der Waals surface area contributed by atoms with Crippen molar-refractivity contribution in [3.05, 3.63) is 72.4 Å². The Labute approximate surface area is 181 Å². The van der Waals surface area contributed by atoms with Crippen LogP contribution in [0.5, 0.6) is 5.75 Å². The maximum atomic E-state index is 13.3. The molecule has 3 nitrogen and oxygen atoms in total. The molecule has 6 heteroatoms. The van der Waals surface area contributed by atoms with Crippen molar-refractivity contribution in [2.24, 2.45) is 0 Å². The molecule has 0 unspecified atom stereocenters. The number of thioether (sulfide) groups is 1. The van der Waals surface area contributed by atoms with E-state index in [0.29, 0.717) is 27.7 Å². The minimum atomic E-state index is -0.102. The number of carbonyl (C=O) groups is 1. The zero-order chi connectivity index (χ0) is 19.6. The van der Waals surface area contributed by atoms with Crippen LogP contribution in [0.15, 0.2) is 61.1 Å². The van der Waals surface area contributed by atoms with Gasteiger partial charge in [-0.15, -0.1) is 0 Å². The van der Waals surface area contributed by atoms with Crippen molar-refractivity contribution < 1.29 is 9.53 Å². The molecule has 0 fully saturated rings. The third kappa shape index (κ3) is 2.48. The van der Waals surface area contributed by atoms with E-state index in [2.05, 4.69) is 31.9 Å². The van der Waals surface area contributed by atoms with Gasteiger partial charge in [-0.2, -0.15) is 0 Å². The molecule has 0 spiro atoms. The molecule has 0 aromatic heterocycles. The van der Waals surface area contributed by atoms with Gasteiger partial charge in [0.25, 0.3) is 0 Å². The lowest BCUT2D eigenvalue weighted by atomic mass is 10.1. The monoisotopic (exact) mass is 514 g/mol. The molecule has 1 heterocycles. The fourth-order valence-electron chi connectivity index (χ4n) is 3.77. The molecule has 138 valence electrons. The van der Waals surface area contributed by atoms with E-state index >= 15 is 0 Å². The number of halogens is 2. The average molecular weight is 516 g/mol. The van der Waals surface area contributed by atoms with Crippen LogP contribution < -0.4 is 15.4 Å². The van der Waals surface area contributed by atoms with Gasteiger partial charge in [0, 0.05) is 40.8 Å². The fourth-order valence-corrected chi connectivity index (χ4v) is 6.30. The van der Waals surface area contributed by atoms with E-state index in [0.717, 1.165) is 35.7 Å². The second-order valence-corrected chi connectivity index (χ2v) is 9.26. The molecule has 0 saturated heterocycles. The van der Waals surface area contributed by atoms with E-state index in [1.807, 2.05) is 37.3 Å². The largest absolute Gasteiger partial charge is 0.494 e. The molecular weight excluding hydrogens is 504 g/mol. The van der Waals surface area contributed by atoms with Gasteiger partial charge in [0.1, 0.15) is 5.75 Å². The highest BCUT2D eigenvalue weighted by Gasteiger charge is 2.29. The Morgan fingerprint density at radius 2 is 1.64 bits per heavy atom. The SMILES string of the molecule is CCOc1ccc2c(c1)SC(=c1c(=O)c3ccc(Br)c4c(Br)ccc1c43)C2=O. The zero-order valence-electron chi connectivity index (χ0n) is 14.6. The Morgan fingerprint density at radius 3 is 2.36 bits per heavy atom. The van der Waals surface area contributed by atoms with Crippen LogP contribution in [0, 0.1) is 0 Å². The lowest BCUT2D eigenvalue weighted by molar-refractivity contribution is 0.105. The van der Waals surface area contributed by atoms with Crippen LogP contribution in [0.2, 0.25) is 0 Å². The van der Waals surface area contributed by atoms with Gasteiger partial charge in [0.05, 0.1) is 11.5 Å². The van der Waals surface area contributed by atoms with Gasteiger partial charge in [-0.05, 0) is 48.7 Å². The summed E-state index contributed by atoms with van der Waals surface area (Å²) in [6, 6.07) is 13.0. The molecule has 0 saturated carbocycles. The van der Waals surface area contributed by atoms with Crippen LogP contribution >= 0.6 is 43.6 Å². The molecule has 0 radical (unpaired) electrons. The number of benzene rings is 3. The molecule has 1 aliphatic heterocycles. The fraction of sp³-hybridized carbons (Fsp3) is 0.0909. The number of hydrogen-bond donors (Lipinski definition) is 0. The molecule has 0 bridgehead atoms. The van der Waals surface area contributed by atoms with Gasteiger partial charge in [-0.1, -0.05) is 49.7 Å². The van der Waals surface area contributed by atoms with Gasteiger partial charge in [0.2, 0.25) is 5.78 Å². The predicted octanol–water partition coefficient (Wildman–Crippen LogP) is 5.53. The van der Waals surface area contributed by atoms with E-state index in [4.69, 9.17) is 4.74 Å². The van der Waals surface area contributed by atoms with Crippen LogP contribution in [0.3, 0.4) is 0 Å². The van der Waals surface area contributed by atoms with Crippen molar-refractivity contribution >= 4 is 75.9 Å². The maximum absolute atomic E-state index is 13.3. The number of hydrogen-bond acceptors (Lipinski definition) is 4. The highest BCUT2D eigenvalue weighted by molar-refractivity contribution is 9.11. The molecule has 28 heavy (non-hydrogen) atoms. The van der Waals surface area contributed by atoms with Crippen molar-refractivity contribution in [2.45, 2.75) is 11.8 Å². The second kappa shape index (κ2) is 6.58. The Balaban J connectivity index is 1.86. The molecular formula is C22H12Br2O3S. The van der Waals surface area contributed by atoms with Crippen molar-refractivity contribution in [3.8, 4) is 5.75 Å². The molecule has 0 N–H and O–H groups in total. The summed E-state index contributed by atoms with van der Waals surface area (Å²) in [5.74, 6) is 0.623. The molecule has 4 aromatic rings. The van der Waals surface area contributed by atoms with Gasteiger partial charge < -0.3 is 4.74 Å². The van der Waals surface area contributed by atoms with Gasteiger partial charge >= 0.3 is 0 Å². The van der Waals surface area contributed by atoms with Crippen molar-refractivity contribution in [1.82, 2.24) is 0 Å². The highest BCUT2D eigenvalue weighted by atomic mass is 79.9. The van der Waals surface area contributed by atoms with E-state index in [9.17, 15) is 9.59 Å². The zero-order valence-corrected chi connectivity index (χ0v) is 18.6. The Hall–Kier alpha value is -1.89. The molecule has 0 atom stereocenters. The number of ketones is 1. The third-order valence-corrected chi connectivity index (χ3v) is 7.43. The first kappa shape index (κ1) is 18.2. The standard InChI is InChI=1S/C22H12Br2O3S/c1-2-27-10-3-4-11-16(9-10)28-22(21(11)26)18-12-5-7-14(23)19-15(24)8-6-13(17(12)19)20(18)25/h3-9H,2H2,1H3. The summed E-state index contributed by atoms with van der Waals surface area (Å²) < 4.78 is 7.38. The number of rotatable bonds is 2. The summed E-state index contributed by atoms with van der Waals surface area (Å²) in [6.45, 7) is 2.48. The van der Waals surface area contributed by atoms with Gasteiger partial charge in [-0.25, -0.2) is 0 Å². The summed E-state index contributed by atoms with van der Waals surface area (Å²) in [6.07, 6.45) is 0. The first-order chi connectivity index (χ1) is 13.5. The minimum absolute atomic E-state index is 0.0979. The van der Waals surface area contributed by atoms with Crippen LogP contribution in [-0.2, 0) is 0 Å². The molecule has 4 aromatic carbocycles. The maximum Gasteiger partial charge on any atom is 0.201 e. The van der Waals surface area contributed by atoms with Gasteiger partial charge in [0.15, 0.2) is 5.43 Å². The van der Waals surface area contributed by atoms with E-state index in [1.54, 1.807) is 12.1 Å². The normalized spacial score (nSPS) is 15.6. The van der Waals surface area contributed by atoms with Crippen LogP contribution in [0.25, 0.3) is 26.5 Å². The minimum Gasteiger partial charge on any atom is -0.494 e. The number of carbonyl (C=O) groups excluding carboxylic acids is 1. The first-order valence-corrected chi connectivity index (χ1v) is 11.1. The summed E-state index contributed by atoms with van der Waals surface area (Å²) in [5.41, 5.74) is 0.522. The summed E-state index contributed by atoms with van der Waals surface area (Å²) >= 11 is 8.52. The van der Waals surface area contributed by atoms with Crippen molar-refractivity contribution in [3.63, 3.8) is 0 Å². The van der Waals surface area contributed by atoms with Gasteiger partial charge in [-0.3, -0.25) is 9.59 Å². The lowest BCUT2D eigenvalue weighted by Gasteiger charge is -2.04. The lowest BCUT2D eigenvalue weighted by Crippen LogP contribution is -2.23. The van der Waals surface area contributed by atoms with E-state index in [1.165, 1.54) is 11.8 Å². The van der Waals surface area contributed by atoms with Crippen molar-refractivity contribution in [2.75, 3.05) is 6.61 Å². The Kier molecular flexibility index (Phi) is 4.27. The summed E-state index contributed by atoms with van der Waals surface area (Å²) in [7, 11) is 0. The average Bonchev–Trinajstić information content (AvgIpc) is 3.14. The molecule has 1 aliphatic rings. The first-order valence-electron chi connectivity index (χ1n) is 8.70. The molecule has 0 aliphatic carbocycles.